The van der Waals surface area contributed by atoms with Gasteiger partial charge in [-0.05, 0) is 37.3 Å². The van der Waals surface area contributed by atoms with Crippen LogP contribution in [0.3, 0.4) is 0 Å². The van der Waals surface area contributed by atoms with Crippen molar-refractivity contribution in [3.8, 4) is 0 Å². The third-order valence-electron chi connectivity index (χ3n) is 3.56. The molecule has 0 unspecified atom stereocenters. The van der Waals surface area contributed by atoms with E-state index < -0.39 is 0 Å². The third-order valence-corrected chi connectivity index (χ3v) is 3.56. The minimum atomic E-state index is -0.204. The van der Waals surface area contributed by atoms with Crippen molar-refractivity contribution in [2.45, 2.75) is 19.4 Å². The number of benzene rings is 1. The molecule has 0 spiro atoms. The summed E-state index contributed by atoms with van der Waals surface area (Å²) >= 11 is 0. The summed E-state index contributed by atoms with van der Waals surface area (Å²) in [6.07, 6.45) is 3.67. The Hall–Kier alpha value is -2.96. The fourth-order valence-corrected chi connectivity index (χ4v) is 2.26. The number of anilines is 1. The van der Waals surface area contributed by atoms with Crippen LogP contribution in [0.4, 0.5) is 5.69 Å². The van der Waals surface area contributed by atoms with Gasteiger partial charge < -0.3 is 10.2 Å². The first-order valence-electron chi connectivity index (χ1n) is 7.57. The van der Waals surface area contributed by atoms with Gasteiger partial charge in [-0.3, -0.25) is 14.3 Å². The van der Waals surface area contributed by atoms with Crippen LogP contribution in [-0.4, -0.2) is 39.9 Å². The fraction of sp³-hybridized carbons (Fsp3) is 0.294. The minimum absolute atomic E-state index is 0.0705. The third kappa shape index (κ3) is 4.28. The summed E-state index contributed by atoms with van der Waals surface area (Å²) in [7, 11) is 3.46. The number of likely N-dealkylation sites (N-methyl/N-ethyl adjacent to an activating group) is 1. The van der Waals surface area contributed by atoms with E-state index in [1.165, 1.54) is 11.0 Å². The van der Waals surface area contributed by atoms with Gasteiger partial charge in [0.15, 0.2) is 0 Å². The molecule has 0 bridgehead atoms. The zero-order chi connectivity index (χ0) is 17.7. The number of carbonyl (C=O) groups excluding carboxylic acids is 2. The SMILES string of the molecule is C=CC(=O)N(C)c1ccc(C(=O)N[C@H](C)Cc2cn(C)nn2)cc1. The van der Waals surface area contributed by atoms with Gasteiger partial charge in [0, 0.05) is 44.0 Å². The van der Waals surface area contributed by atoms with Crippen LogP contribution < -0.4 is 10.2 Å². The number of nitrogens with one attached hydrogen (secondary N) is 1. The van der Waals surface area contributed by atoms with Gasteiger partial charge in [0.25, 0.3) is 5.91 Å². The van der Waals surface area contributed by atoms with Gasteiger partial charge in [-0.1, -0.05) is 11.8 Å². The van der Waals surface area contributed by atoms with Gasteiger partial charge in [0.2, 0.25) is 5.91 Å². The quantitative estimate of drug-likeness (QED) is 0.812. The molecule has 0 saturated heterocycles. The minimum Gasteiger partial charge on any atom is -0.349 e. The number of amides is 2. The van der Waals surface area contributed by atoms with E-state index >= 15 is 0 Å². The molecule has 1 N–H and O–H groups in total. The summed E-state index contributed by atoms with van der Waals surface area (Å²) < 4.78 is 1.63. The van der Waals surface area contributed by atoms with Crippen molar-refractivity contribution in [2.75, 3.05) is 11.9 Å². The maximum absolute atomic E-state index is 12.3. The smallest absolute Gasteiger partial charge is 0.251 e. The van der Waals surface area contributed by atoms with E-state index in [9.17, 15) is 9.59 Å². The lowest BCUT2D eigenvalue weighted by atomic mass is 10.1. The monoisotopic (exact) mass is 327 g/mol. The number of hydrogen-bond donors (Lipinski definition) is 1. The van der Waals surface area contributed by atoms with E-state index in [4.69, 9.17) is 0 Å². The lowest BCUT2D eigenvalue weighted by Crippen LogP contribution is -2.34. The molecule has 1 aromatic carbocycles. The molecule has 0 aliphatic carbocycles. The average Bonchev–Trinajstić information content (AvgIpc) is 2.98. The summed E-state index contributed by atoms with van der Waals surface area (Å²) in [5, 5.41) is 10.8. The van der Waals surface area contributed by atoms with Crippen LogP contribution in [0, 0.1) is 0 Å². The van der Waals surface area contributed by atoms with Crippen LogP contribution in [0.5, 0.6) is 0 Å². The second-order valence-corrected chi connectivity index (χ2v) is 5.61. The number of aryl methyl sites for hydroxylation is 1. The Kier molecular flexibility index (Phi) is 5.47. The van der Waals surface area contributed by atoms with Crippen LogP contribution in [0.25, 0.3) is 0 Å². The summed E-state index contributed by atoms with van der Waals surface area (Å²) in [6, 6.07) is 6.76. The van der Waals surface area contributed by atoms with Gasteiger partial charge >= 0.3 is 0 Å². The molecule has 7 heteroatoms. The molecule has 0 radical (unpaired) electrons. The predicted molar refractivity (Wildman–Crippen MR) is 91.7 cm³/mol. The number of carbonyl (C=O) groups is 2. The topological polar surface area (TPSA) is 80.1 Å². The maximum atomic E-state index is 12.3. The number of nitrogens with zero attached hydrogens (tertiary/aromatic N) is 4. The van der Waals surface area contributed by atoms with E-state index in [1.807, 2.05) is 13.1 Å². The lowest BCUT2D eigenvalue weighted by molar-refractivity contribution is -0.113. The Bertz CT molecular complexity index is 736. The number of hydrogen-bond acceptors (Lipinski definition) is 4. The zero-order valence-electron chi connectivity index (χ0n) is 14.1. The normalized spacial score (nSPS) is 11.6. The van der Waals surface area contributed by atoms with Crippen molar-refractivity contribution in [3.63, 3.8) is 0 Å². The molecule has 2 amide bonds. The van der Waals surface area contributed by atoms with Gasteiger partial charge in [0.05, 0.1) is 5.69 Å². The van der Waals surface area contributed by atoms with Crippen molar-refractivity contribution >= 4 is 17.5 Å². The Balaban J connectivity index is 1.97. The second kappa shape index (κ2) is 7.54. The zero-order valence-corrected chi connectivity index (χ0v) is 14.1. The van der Waals surface area contributed by atoms with Gasteiger partial charge in [0.1, 0.15) is 0 Å². The summed E-state index contributed by atoms with van der Waals surface area (Å²) in [6.45, 7) is 5.37. The van der Waals surface area contributed by atoms with Gasteiger partial charge in [-0.15, -0.1) is 5.10 Å². The van der Waals surface area contributed by atoms with Crippen molar-refractivity contribution in [1.82, 2.24) is 20.3 Å². The summed E-state index contributed by atoms with van der Waals surface area (Å²) in [4.78, 5) is 25.3. The fourth-order valence-electron chi connectivity index (χ4n) is 2.26. The van der Waals surface area contributed by atoms with Crippen LogP contribution in [0.2, 0.25) is 0 Å². The molecule has 126 valence electrons. The second-order valence-electron chi connectivity index (χ2n) is 5.61. The van der Waals surface area contributed by atoms with Crippen LogP contribution in [-0.2, 0) is 18.3 Å². The number of rotatable bonds is 6. The first kappa shape index (κ1) is 17.4. The van der Waals surface area contributed by atoms with Crippen molar-refractivity contribution in [3.05, 3.63) is 54.4 Å². The first-order chi connectivity index (χ1) is 11.4. The molecule has 0 aliphatic heterocycles. The van der Waals surface area contributed by atoms with Crippen LogP contribution >= 0.6 is 0 Å². The standard InChI is InChI=1S/C17H21N5O2/c1-5-16(23)22(4)15-8-6-13(7-9-15)17(24)18-12(2)10-14-11-21(3)20-19-14/h5-9,11-12H,1,10H2,2-4H3,(H,18,24)/t12-/m1/s1. The van der Waals surface area contributed by atoms with Crippen LogP contribution in [0.15, 0.2) is 43.1 Å². The van der Waals surface area contributed by atoms with Gasteiger partial charge in [-0.25, -0.2) is 0 Å². The molecule has 1 heterocycles. The highest BCUT2D eigenvalue weighted by Gasteiger charge is 2.13. The first-order valence-corrected chi connectivity index (χ1v) is 7.57. The molecule has 0 saturated carbocycles. The Morgan fingerprint density at radius 2 is 2.04 bits per heavy atom. The van der Waals surface area contributed by atoms with Crippen LogP contribution in [0.1, 0.15) is 23.0 Å². The van der Waals surface area contributed by atoms with E-state index in [0.717, 1.165) is 5.69 Å². The van der Waals surface area contributed by atoms with Crippen molar-refractivity contribution in [2.24, 2.45) is 7.05 Å². The highest BCUT2D eigenvalue weighted by molar-refractivity contribution is 6.01. The largest absolute Gasteiger partial charge is 0.349 e. The molecular weight excluding hydrogens is 306 g/mol. The molecule has 1 atom stereocenters. The molecule has 2 aromatic rings. The molecule has 2 rings (SSSR count). The van der Waals surface area contributed by atoms with Gasteiger partial charge in [-0.2, -0.15) is 0 Å². The van der Waals surface area contributed by atoms with E-state index in [0.29, 0.717) is 17.7 Å². The molecule has 0 fully saturated rings. The molecule has 1 aromatic heterocycles. The summed E-state index contributed by atoms with van der Waals surface area (Å²) in [5.41, 5.74) is 2.05. The highest BCUT2D eigenvalue weighted by atomic mass is 16.2. The molecular formula is C17H21N5O2. The van der Waals surface area contributed by atoms with E-state index in [2.05, 4.69) is 22.2 Å². The lowest BCUT2D eigenvalue weighted by Gasteiger charge is -2.16. The molecule has 0 aliphatic rings. The maximum Gasteiger partial charge on any atom is 0.251 e. The number of aromatic nitrogens is 3. The summed E-state index contributed by atoms with van der Waals surface area (Å²) in [5.74, 6) is -0.375. The highest BCUT2D eigenvalue weighted by Crippen LogP contribution is 2.14. The van der Waals surface area contributed by atoms with E-state index in [-0.39, 0.29) is 17.9 Å². The van der Waals surface area contributed by atoms with Crippen molar-refractivity contribution < 1.29 is 9.59 Å². The molecule has 7 nitrogen and oxygen atoms in total. The van der Waals surface area contributed by atoms with E-state index in [1.54, 1.807) is 43.0 Å². The molecule has 24 heavy (non-hydrogen) atoms. The van der Waals surface area contributed by atoms with Crippen molar-refractivity contribution in [1.29, 1.82) is 0 Å². The Morgan fingerprint density at radius 3 is 2.58 bits per heavy atom. The predicted octanol–water partition coefficient (Wildman–Crippen LogP) is 1.32. The Morgan fingerprint density at radius 1 is 1.38 bits per heavy atom. The average molecular weight is 327 g/mol. The Labute approximate surface area is 141 Å².